The van der Waals surface area contributed by atoms with Crippen LogP contribution in [0.1, 0.15) is 5.56 Å². The van der Waals surface area contributed by atoms with Crippen LogP contribution in [0, 0.1) is 0 Å². The van der Waals surface area contributed by atoms with E-state index in [4.69, 9.17) is 14.2 Å². The summed E-state index contributed by atoms with van der Waals surface area (Å²) in [5, 5.41) is 0. The lowest BCUT2D eigenvalue weighted by Gasteiger charge is -2.27. The van der Waals surface area contributed by atoms with E-state index < -0.39 is 0 Å². The third-order valence-electron chi connectivity index (χ3n) is 4.74. The minimum atomic E-state index is -0.0594. The van der Waals surface area contributed by atoms with Gasteiger partial charge in [0.15, 0.2) is 16.3 Å². The monoisotopic (exact) mass is 489 g/mol. The van der Waals surface area contributed by atoms with Crippen molar-refractivity contribution in [2.45, 2.75) is 6.67 Å². The number of halogens is 1. The van der Waals surface area contributed by atoms with Gasteiger partial charge in [-0.05, 0) is 23.8 Å². The van der Waals surface area contributed by atoms with Gasteiger partial charge in [-0.3, -0.25) is 9.36 Å². The highest BCUT2D eigenvalue weighted by atomic mass is 79.9. The lowest BCUT2D eigenvalue weighted by atomic mass is 10.2. The number of rotatable bonds is 5. The highest BCUT2D eigenvalue weighted by molar-refractivity contribution is 9.10. The molecule has 1 aromatic heterocycles. The van der Waals surface area contributed by atoms with Gasteiger partial charge in [-0.25, -0.2) is 4.99 Å². The number of aromatic nitrogens is 1. The first-order valence-corrected chi connectivity index (χ1v) is 10.7. The number of ether oxygens (including phenoxy) is 3. The Morgan fingerprint density at radius 3 is 2.47 bits per heavy atom. The van der Waals surface area contributed by atoms with E-state index in [2.05, 4.69) is 20.9 Å². The van der Waals surface area contributed by atoms with Crippen LogP contribution in [0.25, 0.3) is 6.08 Å². The van der Waals surface area contributed by atoms with Gasteiger partial charge in [-0.1, -0.05) is 39.4 Å². The van der Waals surface area contributed by atoms with Crippen molar-refractivity contribution >= 4 is 39.0 Å². The second kappa shape index (κ2) is 8.53. The van der Waals surface area contributed by atoms with E-state index in [0.29, 0.717) is 39.9 Å². The normalized spacial score (nSPS) is 13.6. The first-order valence-electron chi connectivity index (χ1n) is 9.10. The van der Waals surface area contributed by atoms with Crippen molar-refractivity contribution in [3.63, 3.8) is 0 Å². The van der Waals surface area contributed by atoms with Crippen molar-refractivity contribution < 1.29 is 14.2 Å². The standard InChI is InChI=1S/C21H20BrN3O4S/c1-27-16-9-15(10-17(28-2)19(16)29-3)24-11-23-21-25(12-24)20(26)18(30-21)8-13-5-4-6-14(22)7-13/h4-10H,11-12H2,1-3H3. The molecule has 30 heavy (non-hydrogen) atoms. The fraction of sp³-hybridized carbons (Fsp3) is 0.238. The molecular formula is C21H20BrN3O4S. The molecule has 0 saturated heterocycles. The van der Waals surface area contributed by atoms with E-state index in [1.54, 1.807) is 25.9 Å². The molecule has 0 fully saturated rings. The fourth-order valence-corrected chi connectivity index (χ4v) is 4.65. The van der Waals surface area contributed by atoms with Crippen molar-refractivity contribution in [1.29, 1.82) is 0 Å². The zero-order valence-electron chi connectivity index (χ0n) is 16.7. The molecule has 2 aromatic carbocycles. The van der Waals surface area contributed by atoms with Gasteiger partial charge in [-0.15, -0.1) is 0 Å². The summed E-state index contributed by atoms with van der Waals surface area (Å²) in [6.07, 6.45) is 1.89. The van der Waals surface area contributed by atoms with Crippen LogP contribution in [0.4, 0.5) is 5.69 Å². The first-order chi connectivity index (χ1) is 14.5. The number of benzene rings is 2. The van der Waals surface area contributed by atoms with Crippen LogP contribution in [0.5, 0.6) is 17.2 Å². The molecule has 9 heteroatoms. The van der Waals surface area contributed by atoms with Crippen molar-refractivity contribution in [2.75, 3.05) is 32.9 Å². The minimum absolute atomic E-state index is 0.0594. The Morgan fingerprint density at radius 1 is 1.10 bits per heavy atom. The van der Waals surface area contributed by atoms with Crippen molar-refractivity contribution in [3.05, 3.63) is 66.1 Å². The molecule has 1 aliphatic rings. The molecule has 1 aliphatic heterocycles. The third-order valence-corrected chi connectivity index (χ3v) is 6.28. The summed E-state index contributed by atoms with van der Waals surface area (Å²) in [5.41, 5.74) is 1.73. The zero-order chi connectivity index (χ0) is 21.3. The number of hydrogen-bond donors (Lipinski definition) is 0. The Kier molecular flexibility index (Phi) is 5.83. The maximum Gasteiger partial charge on any atom is 0.271 e. The lowest BCUT2D eigenvalue weighted by Crippen LogP contribution is -2.42. The summed E-state index contributed by atoms with van der Waals surface area (Å²) in [7, 11) is 4.72. The van der Waals surface area contributed by atoms with Gasteiger partial charge >= 0.3 is 0 Å². The second-order valence-corrected chi connectivity index (χ2v) is 8.47. The number of anilines is 1. The smallest absolute Gasteiger partial charge is 0.271 e. The summed E-state index contributed by atoms with van der Waals surface area (Å²) in [6, 6.07) is 11.5. The molecule has 0 spiro atoms. The molecule has 0 saturated carbocycles. The summed E-state index contributed by atoms with van der Waals surface area (Å²) in [4.78, 5) is 20.3. The van der Waals surface area contributed by atoms with Crippen LogP contribution in [-0.2, 0) is 6.67 Å². The number of methoxy groups -OCH3 is 3. The van der Waals surface area contributed by atoms with Crippen LogP contribution in [0.2, 0.25) is 0 Å². The van der Waals surface area contributed by atoms with Crippen LogP contribution in [0.15, 0.2) is 50.7 Å². The first kappa shape index (κ1) is 20.5. The minimum Gasteiger partial charge on any atom is -0.493 e. The molecule has 0 aliphatic carbocycles. The third kappa shape index (κ3) is 3.82. The lowest BCUT2D eigenvalue weighted by molar-refractivity contribution is 0.324. The average molecular weight is 490 g/mol. The molecule has 0 amide bonds. The van der Waals surface area contributed by atoms with Gasteiger partial charge in [0.2, 0.25) is 5.75 Å². The number of fused-ring (bicyclic) bond motifs is 1. The van der Waals surface area contributed by atoms with E-state index in [-0.39, 0.29) is 5.56 Å². The molecule has 7 nitrogen and oxygen atoms in total. The Bertz CT molecular complexity index is 1240. The van der Waals surface area contributed by atoms with E-state index in [9.17, 15) is 4.79 Å². The molecule has 0 bridgehead atoms. The van der Waals surface area contributed by atoms with Gasteiger partial charge < -0.3 is 19.1 Å². The predicted octanol–water partition coefficient (Wildman–Crippen LogP) is 2.58. The summed E-state index contributed by atoms with van der Waals surface area (Å²) >= 11 is 4.86. The van der Waals surface area contributed by atoms with Gasteiger partial charge in [0.05, 0.1) is 25.9 Å². The molecule has 0 radical (unpaired) electrons. The molecule has 0 N–H and O–H groups in total. The van der Waals surface area contributed by atoms with E-state index in [1.165, 1.54) is 11.3 Å². The van der Waals surface area contributed by atoms with Gasteiger partial charge in [0.25, 0.3) is 5.56 Å². The highest BCUT2D eigenvalue weighted by Crippen LogP contribution is 2.41. The van der Waals surface area contributed by atoms with Crippen molar-refractivity contribution in [3.8, 4) is 17.2 Å². The van der Waals surface area contributed by atoms with Crippen LogP contribution < -0.4 is 34.0 Å². The van der Waals surface area contributed by atoms with Gasteiger partial charge in [0, 0.05) is 22.3 Å². The van der Waals surface area contributed by atoms with Crippen LogP contribution in [0.3, 0.4) is 0 Å². The molecule has 4 rings (SSSR count). The van der Waals surface area contributed by atoms with Crippen molar-refractivity contribution in [2.24, 2.45) is 4.99 Å². The number of thiazole rings is 1. The number of hydrogen-bond acceptors (Lipinski definition) is 7. The summed E-state index contributed by atoms with van der Waals surface area (Å²) in [5.74, 6) is 1.63. The van der Waals surface area contributed by atoms with Crippen LogP contribution in [-0.4, -0.2) is 32.6 Å². The Balaban J connectivity index is 1.71. The fourth-order valence-electron chi connectivity index (χ4n) is 3.27. The molecular weight excluding hydrogens is 470 g/mol. The quantitative estimate of drug-likeness (QED) is 0.550. The van der Waals surface area contributed by atoms with Crippen LogP contribution >= 0.6 is 27.3 Å². The zero-order valence-corrected chi connectivity index (χ0v) is 19.1. The Hall–Kier alpha value is -2.78. The van der Waals surface area contributed by atoms with Crippen molar-refractivity contribution in [1.82, 2.24) is 4.57 Å². The predicted molar refractivity (Wildman–Crippen MR) is 121 cm³/mol. The molecule has 0 atom stereocenters. The maximum atomic E-state index is 13.0. The summed E-state index contributed by atoms with van der Waals surface area (Å²) in [6.45, 7) is 0.814. The molecule has 2 heterocycles. The van der Waals surface area contributed by atoms with E-state index in [1.807, 2.05) is 47.4 Å². The maximum absolute atomic E-state index is 13.0. The van der Waals surface area contributed by atoms with E-state index in [0.717, 1.165) is 15.7 Å². The largest absolute Gasteiger partial charge is 0.493 e. The summed E-state index contributed by atoms with van der Waals surface area (Å²) < 4.78 is 19.6. The topological polar surface area (TPSA) is 65.3 Å². The highest BCUT2D eigenvalue weighted by Gasteiger charge is 2.20. The average Bonchev–Trinajstić information content (AvgIpc) is 3.07. The second-order valence-electron chi connectivity index (χ2n) is 6.55. The Labute approximate surface area is 185 Å². The molecule has 3 aromatic rings. The number of nitrogens with zero attached hydrogens (tertiary/aromatic N) is 3. The van der Waals surface area contributed by atoms with E-state index >= 15 is 0 Å². The SMILES string of the molecule is COc1cc(N2CN=c3sc(=Cc4cccc(Br)c4)c(=O)n3C2)cc(OC)c1OC. The van der Waals surface area contributed by atoms with Gasteiger partial charge in [-0.2, -0.15) is 0 Å². The Morgan fingerprint density at radius 2 is 1.83 bits per heavy atom. The molecule has 156 valence electrons. The molecule has 0 unspecified atom stereocenters. The van der Waals surface area contributed by atoms with Gasteiger partial charge in [0.1, 0.15) is 13.3 Å².